The van der Waals surface area contributed by atoms with Crippen LogP contribution in [0.3, 0.4) is 0 Å². The van der Waals surface area contributed by atoms with Crippen molar-refractivity contribution < 1.29 is 9.72 Å². The van der Waals surface area contributed by atoms with E-state index in [4.69, 9.17) is 0 Å². The van der Waals surface area contributed by atoms with Crippen molar-refractivity contribution in [1.29, 1.82) is 0 Å². The van der Waals surface area contributed by atoms with E-state index in [1.54, 1.807) is 0 Å². The van der Waals surface area contributed by atoms with E-state index in [1.807, 2.05) is 11.9 Å². The lowest BCUT2D eigenvalue weighted by molar-refractivity contribution is -0.385. The lowest BCUT2D eigenvalue weighted by Gasteiger charge is -2.35. The second-order valence-electron chi connectivity index (χ2n) is 6.24. The van der Waals surface area contributed by atoms with Crippen LogP contribution in [0.2, 0.25) is 0 Å². The maximum atomic E-state index is 12.3. The van der Waals surface area contributed by atoms with Gasteiger partial charge in [0.15, 0.2) is 0 Å². The summed E-state index contributed by atoms with van der Waals surface area (Å²) in [5.41, 5.74) is -0.0456. The van der Waals surface area contributed by atoms with Crippen LogP contribution in [0, 0.1) is 10.1 Å². The first-order valence-electron chi connectivity index (χ1n) is 7.71. The molecule has 2 unspecified atom stereocenters. The molecule has 0 aliphatic carbocycles. The van der Waals surface area contributed by atoms with Gasteiger partial charge in [-0.25, -0.2) is 0 Å². The number of amides is 1. The van der Waals surface area contributed by atoms with Crippen molar-refractivity contribution in [3.63, 3.8) is 0 Å². The summed E-state index contributed by atoms with van der Waals surface area (Å²) in [6.07, 6.45) is 7.34. The van der Waals surface area contributed by atoms with Crippen molar-refractivity contribution in [2.24, 2.45) is 0 Å². The van der Waals surface area contributed by atoms with Gasteiger partial charge in [0.25, 0.3) is 0 Å². The molecule has 23 heavy (non-hydrogen) atoms. The third kappa shape index (κ3) is 4.00. The topological polar surface area (TPSA) is 93.3 Å². The van der Waals surface area contributed by atoms with Gasteiger partial charge in [-0.1, -0.05) is 0 Å². The van der Waals surface area contributed by atoms with E-state index in [0.717, 1.165) is 12.8 Å². The normalized spacial score (nSPS) is 25.7. The molecule has 1 aromatic rings. The maximum absolute atomic E-state index is 12.3. The van der Waals surface area contributed by atoms with E-state index in [9.17, 15) is 14.9 Å². The molecule has 0 saturated carbocycles. The number of nitro groups is 1. The number of aryl methyl sites for hydroxylation is 1. The van der Waals surface area contributed by atoms with Crippen molar-refractivity contribution in [2.75, 3.05) is 7.05 Å². The summed E-state index contributed by atoms with van der Waals surface area (Å²) in [5.74, 6) is 0.0736. The number of piperidine rings is 1. The molecule has 2 aliphatic heterocycles. The van der Waals surface area contributed by atoms with Crippen LogP contribution in [0.25, 0.3) is 0 Å². The molecule has 8 nitrogen and oxygen atoms in total. The minimum absolute atomic E-state index is 0. The standard InChI is InChI=1S/C14H21N5O3.ClH/c1-17(12-6-10-2-3-11(7-12)16-10)14(20)4-5-18-9-13(8-15-18)19(21)22;/h8-12,16H,2-7H2,1H3;1H. The van der Waals surface area contributed by atoms with Crippen molar-refractivity contribution >= 4 is 24.0 Å². The van der Waals surface area contributed by atoms with Gasteiger partial charge in [0, 0.05) is 38.1 Å². The fourth-order valence-electron chi connectivity index (χ4n) is 3.50. The zero-order valence-electron chi connectivity index (χ0n) is 13.1. The van der Waals surface area contributed by atoms with E-state index in [-0.39, 0.29) is 24.0 Å². The molecule has 128 valence electrons. The minimum Gasteiger partial charge on any atom is -0.343 e. The Kier molecular flexibility index (Phi) is 5.59. The van der Waals surface area contributed by atoms with Crippen molar-refractivity contribution in [3.05, 3.63) is 22.5 Å². The molecule has 1 amide bonds. The fraction of sp³-hybridized carbons (Fsp3) is 0.714. The predicted molar refractivity (Wildman–Crippen MR) is 86.5 cm³/mol. The molecule has 9 heteroatoms. The highest BCUT2D eigenvalue weighted by Gasteiger charge is 2.36. The fourth-order valence-corrected chi connectivity index (χ4v) is 3.50. The maximum Gasteiger partial charge on any atom is 0.306 e. The SMILES string of the molecule is CN(C(=O)CCn1cc([N+](=O)[O-])cn1)C1CC2CCC(C1)N2.Cl. The predicted octanol–water partition coefficient (Wildman–Crippen LogP) is 1.34. The molecule has 2 atom stereocenters. The van der Waals surface area contributed by atoms with Crippen LogP contribution in [0.15, 0.2) is 12.4 Å². The van der Waals surface area contributed by atoms with Gasteiger partial charge in [-0.3, -0.25) is 19.6 Å². The lowest BCUT2D eigenvalue weighted by atomic mass is 9.98. The summed E-state index contributed by atoms with van der Waals surface area (Å²) in [4.78, 5) is 24.3. The molecule has 2 fully saturated rings. The Hall–Kier alpha value is -1.67. The second-order valence-corrected chi connectivity index (χ2v) is 6.24. The molecule has 2 saturated heterocycles. The Balaban J connectivity index is 0.00000192. The first-order chi connectivity index (χ1) is 10.5. The van der Waals surface area contributed by atoms with Crippen LogP contribution in [-0.2, 0) is 11.3 Å². The summed E-state index contributed by atoms with van der Waals surface area (Å²) >= 11 is 0. The van der Waals surface area contributed by atoms with Gasteiger partial charge in [-0.05, 0) is 25.7 Å². The summed E-state index contributed by atoms with van der Waals surface area (Å²) in [6, 6.07) is 1.40. The Morgan fingerprint density at radius 3 is 2.70 bits per heavy atom. The average molecular weight is 344 g/mol. The van der Waals surface area contributed by atoms with E-state index in [2.05, 4.69) is 10.4 Å². The zero-order chi connectivity index (χ0) is 15.7. The van der Waals surface area contributed by atoms with Gasteiger partial charge >= 0.3 is 5.69 Å². The molecule has 0 aromatic carbocycles. The van der Waals surface area contributed by atoms with E-state index < -0.39 is 4.92 Å². The van der Waals surface area contributed by atoms with Crippen LogP contribution in [0.5, 0.6) is 0 Å². The van der Waals surface area contributed by atoms with Crippen LogP contribution in [-0.4, -0.2) is 50.7 Å². The average Bonchev–Trinajstić information content (AvgIpc) is 3.10. The number of carbonyl (C=O) groups is 1. The monoisotopic (exact) mass is 343 g/mol. The Morgan fingerprint density at radius 1 is 1.48 bits per heavy atom. The van der Waals surface area contributed by atoms with Crippen LogP contribution < -0.4 is 5.32 Å². The molecule has 0 spiro atoms. The Morgan fingerprint density at radius 2 is 2.13 bits per heavy atom. The number of nitrogens with one attached hydrogen (secondary N) is 1. The number of fused-ring (bicyclic) bond motifs is 2. The van der Waals surface area contributed by atoms with Gasteiger partial charge < -0.3 is 10.2 Å². The molecular formula is C14H22ClN5O3. The van der Waals surface area contributed by atoms with Crippen molar-refractivity contribution in [1.82, 2.24) is 20.0 Å². The molecule has 2 aliphatic rings. The number of hydrogen-bond acceptors (Lipinski definition) is 5. The van der Waals surface area contributed by atoms with E-state index in [0.29, 0.717) is 31.1 Å². The summed E-state index contributed by atoms with van der Waals surface area (Å²) in [5, 5.41) is 18.1. The number of nitrogens with zero attached hydrogens (tertiary/aromatic N) is 4. The third-order valence-electron chi connectivity index (χ3n) is 4.77. The molecular weight excluding hydrogens is 322 g/mol. The first-order valence-corrected chi connectivity index (χ1v) is 7.71. The quantitative estimate of drug-likeness (QED) is 0.643. The summed E-state index contributed by atoms with van der Waals surface area (Å²) in [6.45, 7) is 0.370. The number of rotatable bonds is 5. The van der Waals surface area contributed by atoms with Gasteiger partial charge in [0.2, 0.25) is 5.91 Å². The number of halogens is 1. The van der Waals surface area contributed by atoms with Crippen LogP contribution in [0.4, 0.5) is 5.69 Å². The smallest absolute Gasteiger partial charge is 0.306 e. The number of carbonyl (C=O) groups excluding carboxylic acids is 1. The van der Waals surface area contributed by atoms with Gasteiger partial charge in [-0.15, -0.1) is 12.4 Å². The largest absolute Gasteiger partial charge is 0.343 e. The van der Waals surface area contributed by atoms with Gasteiger partial charge in [0.1, 0.15) is 12.4 Å². The van der Waals surface area contributed by atoms with E-state index in [1.165, 1.54) is 29.9 Å². The molecule has 1 aromatic heterocycles. The number of hydrogen-bond donors (Lipinski definition) is 1. The molecule has 3 rings (SSSR count). The zero-order valence-corrected chi connectivity index (χ0v) is 13.9. The van der Waals surface area contributed by atoms with E-state index >= 15 is 0 Å². The second kappa shape index (κ2) is 7.27. The van der Waals surface area contributed by atoms with Crippen LogP contribution in [0.1, 0.15) is 32.1 Å². The first kappa shape index (κ1) is 17.7. The van der Waals surface area contributed by atoms with Crippen LogP contribution >= 0.6 is 12.4 Å². The Labute approximate surface area is 140 Å². The Bertz CT molecular complexity index is 567. The van der Waals surface area contributed by atoms with Crippen molar-refractivity contribution in [2.45, 2.75) is 56.8 Å². The third-order valence-corrected chi connectivity index (χ3v) is 4.77. The minimum atomic E-state index is -0.484. The van der Waals surface area contributed by atoms with Gasteiger partial charge in [0.05, 0.1) is 4.92 Å². The highest BCUT2D eigenvalue weighted by molar-refractivity contribution is 5.85. The summed E-state index contributed by atoms with van der Waals surface area (Å²) in [7, 11) is 1.86. The molecule has 0 radical (unpaired) electrons. The summed E-state index contributed by atoms with van der Waals surface area (Å²) < 4.78 is 1.45. The molecule has 3 heterocycles. The lowest BCUT2D eigenvalue weighted by Crippen LogP contribution is -2.48. The molecule has 2 bridgehead atoms. The van der Waals surface area contributed by atoms with Gasteiger partial charge in [-0.2, -0.15) is 5.10 Å². The van der Waals surface area contributed by atoms with Crippen molar-refractivity contribution in [3.8, 4) is 0 Å². The number of aromatic nitrogens is 2. The highest BCUT2D eigenvalue weighted by atomic mass is 35.5. The highest BCUT2D eigenvalue weighted by Crippen LogP contribution is 2.29. The molecule has 1 N–H and O–H groups in total.